The number of nitrogens with zero attached hydrogens (tertiary/aromatic N) is 1. The van der Waals surface area contributed by atoms with Crippen LogP contribution in [0.4, 0.5) is 11.4 Å². The van der Waals surface area contributed by atoms with Gasteiger partial charge in [-0.25, -0.2) is 16.8 Å². The predicted molar refractivity (Wildman–Crippen MR) is 94.2 cm³/mol. The van der Waals surface area contributed by atoms with Gasteiger partial charge in [0.1, 0.15) is 4.21 Å². The molecular weight excluding hydrogens is 356 g/mol. The fourth-order valence-electron chi connectivity index (χ4n) is 1.83. The first-order valence-electron chi connectivity index (χ1n) is 6.79. The lowest BCUT2D eigenvalue weighted by Crippen LogP contribution is -2.24. The molecule has 0 aliphatic heterocycles. The van der Waals surface area contributed by atoms with E-state index in [1.807, 2.05) is 6.92 Å². The predicted octanol–water partition coefficient (Wildman–Crippen LogP) is 2.51. The lowest BCUT2D eigenvalue weighted by molar-refractivity contribution is 0.599. The highest BCUT2D eigenvalue weighted by Gasteiger charge is 2.17. The number of anilines is 2. The number of nitrogens with one attached hydrogen (secondary N) is 1. The van der Waals surface area contributed by atoms with Gasteiger partial charge in [-0.3, -0.25) is 9.03 Å². The van der Waals surface area contributed by atoms with Gasteiger partial charge in [-0.1, -0.05) is 6.92 Å². The molecule has 0 spiro atoms. The Hall–Kier alpha value is -1.58. The van der Waals surface area contributed by atoms with Gasteiger partial charge in [-0.15, -0.1) is 11.3 Å². The largest absolute Gasteiger partial charge is 0.279 e. The zero-order chi connectivity index (χ0) is 17.3. The minimum atomic E-state index is -3.63. The molecule has 1 aromatic heterocycles. The Balaban J connectivity index is 2.20. The van der Waals surface area contributed by atoms with Gasteiger partial charge in [-0.05, 0) is 42.8 Å². The smallest absolute Gasteiger partial charge is 0.271 e. The first-order chi connectivity index (χ1) is 10.6. The third-order valence-electron chi connectivity index (χ3n) is 3.23. The van der Waals surface area contributed by atoms with E-state index in [2.05, 4.69) is 4.72 Å². The van der Waals surface area contributed by atoms with Crippen LogP contribution in [0, 0.1) is 0 Å². The monoisotopic (exact) mass is 374 g/mol. The molecule has 1 heterocycles. The molecule has 126 valence electrons. The Bertz CT molecular complexity index is 884. The summed E-state index contributed by atoms with van der Waals surface area (Å²) in [5.74, 6) is 0. The van der Waals surface area contributed by atoms with Crippen molar-refractivity contribution in [3.8, 4) is 0 Å². The molecule has 1 aromatic carbocycles. The van der Waals surface area contributed by atoms with Gasteiger partial charge in [0.05, 0.1) is 11.9 Å². The van der Waals surface area contributed by atoms with Crippen molar-refractivity contribution in [2.24, 2.45) is 0 Å². The summed E-state index contributed by atoms with van der Waals surface area (Å²) in [7, 11) is -5.54. The van der Waals surface area contributed by atoms with E-state index in [-0.39, 0.29) is 4.21 Å². The molecule has 0 aliphatic rings. The number of rotatable bonds is 6. The molecule has 0 fully saturated rings. The molecular formula is C14H18N2O4S3. The second kappa shape index (κ2) is 6.50. The molecule has 0 unspecified atom stereocenters. The van der Waals surface area contributed by atoms with E-state index >= 15 is 0 Å². The Labute approximate surface area is 140 Å². The van der Waals surface area contributed by atoms with Crippen LogP contribution in [-0.2, 0) is 26.5 Å². The SMILES string of the molecule is CCc1ccc(S(=O)(=O)Nc2ccc(N(C)S(C)(=O)=O)cc2)s1. The van der Waals surface area contributed by atoms with Gasteiger partial charge in [0.25, 0.3) is 10.0 Å². The molecule has 0 aliphatic carbocycles. The molecule has 0 bridgehead atoms. The summed E-state index contributed by atoms with van der Waals surface area (Å²) in [6.07, 6.45) is 1.89. The summed E-state index contributed by atoms with van der Waals surface area (Å²) in [6, 6.07) is 9.53. The summed E-state index contributed by atoms with van der Waals surface area (Å²) < 4.78 is 51.4. The minimum absolute atomic E-state index is 0.256. The first-order valence-corrected chi connectivity index (χ1v) is 10.9. The fourth-order valence-corrected chi connectivity index (χ4v) is 4.69. The number of hydrogen-bond donors (Lipinski definition) is 1. The zero-order valence-electron chi connectivity index (χ0n) is 13.0. The van der Waals surface area contributed by atoms with E-state index in [0.29, 0.717) is 11.4 Å². The number of benzene rings is 1. The van der Waals surface area contributed by atoms with E-state index in [4.69, 9.17) is 0 Å². The van der Waals surface area contributed by atoms with E-state index in [1.165, 1.54) is 30.5 Å². The summed E-state index contributed by atoms with van der Waals surface area (Å²) in [5.41, 5.74) is 0.835. The van der Waals surface area contributed by atoms with Gasteiger partial charge in [-0.2, -0.15) is 0 Å². The van der Waals surface area contributed by atoms with Crippen molar-refractivity contribution in [1.82, 2.24) is 0 Å². The maximum atomic E-state index is 12.3. The molecule has 0 amide bonds. The molecule has 1 N–H and O–H groups in total. The van der Waals surface area contributed by atoms with Crippen LogP contribution in [0.25, 0.3) is 0 Å². The standard InChI is InChI=1S/C14H18N2O4S3/c1-4-13-9-10-14(21-13)23(19,20)15-11-5-7-12(8-6-11)16(2)22(3,17)18/h5-10,15H,4H2,1-3H3. The van der Waals surface area contributed by atoms with Crippen LogP contribution in [0.1, 0.15) is 11.8 Å². The van der Waals surface area contributed by atoms with Crippen molar-refractivity contribution < 1.29 is 16.8 Å². The molecule has 9 heteroatoms. The Morgan fingerprint density at radius 2 is 1.65 bits per heavy atom. The molecule has 0 saturated carbocycles. The minimum Gasteiger partial charge on any atom is -0.279 e. The average Bonchev–Trinajstić information content (AvgIpc) is 2.96. The topological polar surface area (TPSA) is 83.6 Å². The maximum Gasteiger partial charge on any atom is 0.271 e. The summed E-state index contributed by atoms with van der Waals surface area (Å²) in [4.78, 5) is 0.996. The van der Waals surface area contributed by atoms with Gasteiger partial charge >= 0.3 is 0 Å². The Kier molecular flexibility index (Phi) is 5.02. The highest BCUT2D eigenvalue weighted by Crippen LogP contribution is 2.25. The van der Waals surface area contributed by atoms with Crippen LogP contribution < -0.4 is 9.03 Å². The van der Waals surface area contributed by atoms with Crippen LogP contribution in [0.15, 0.2) is 40.6 Å². The Morgan fingerprint density at radius 3 is 2.13 bits per heavy atom. The van der Waals surface area contributed by atoms with Crippen molar-refractivity contribution in [3.63, 3.8) is 0 Å². The van der Waals surface area contributed by atoms with Crippen molar-refractivity contribution in [2.45, 2.75) is 17.6 Å². The van der Waals surface area contributed by atoms with E-state index in [1.54, 1.807) is 24.3 Å². The normalized spacial score (nSPS) is 12.1. The van der Waals surface area contributed by atoms with Crippen LogP contribution >= 0.6 is 11.3 Å². The van der Waals surface area contributed by atoms with E-state index in [0.717, 1.165) is 21.9 Å². The van der Waals surface area contributed by atoms with Crippen LogP contribution in [0.3, 0.4) is 0 Å². The number of sulfonamides is 2. The van der Waals surface area contributed by atoms with Gasteiger partial charge in [0.15, 0.2) is 0 Å². The maximum absolute atomic E-state index is 12.3. The molecule has 2 rings (SSSR count). The van der Waals surface area contributed by atoms with Gasteiger partial charge < -0.3 is 0 Å². The van der Waals surface area contributed by atoms with E-state index < -0.39 is 20.0 Å². The average molecular weight is 375 g/mol. The van der Waals surface area contributed by atoms with Crippen LogP contribution in [0.5, 0.6) is 0 Å². The summed E-state index contributed by atoms with van der Waals surface area (Å²) >= 11 is 1.23. The van der Waals surface area contributed by atoms with Crippen LogP contribution in [0.2, 0.25) is 0 Å². The second-order valence-electron chi connectivity index (χ2n) is 4.96. The van der Waals surface area contributed by atoms with Crippen molar-refractivity contribution in [2.75, 3.05) is 22.3 Å². The lowest BCUT2D eigenvalue weighted by atomic mass is 10.3. The second-order valence-corrected chi connectivity index (χ2v) is 10.0. The number of aryl methyl sites for hydroxylation is 1. The molecule has 23 heavy (non-hydrogen) atoms. The third-order valence-corrected chi connectivity index (χ3v) is 7.54. The van der Waals surface area contributed by atoms with Crippen LogP contribution in [-0.4, -0.2) is 30.1 Å². The third kappa shape index (κ3) is 4.24. The molecule has 2 aromatic rings. The number of hydrogen-bond acceptors (Lipinski definition) is 5. The van der Waals surface area contributed by atoms with Crippen molar-refractivity contribution in [1.29, 1.82) is 0 Å². The summed E-state index contributed by atoms with van der Waals surface area (Å²) in [6.45, 7) is 1.96. The van der Waals surface area contributed by atoms with Gasteiger partial charge in [0, 0.05) is 17.6 Å². The highest BCUT2D eigenvalue weighted by molar-refractivity contribution is 7.94. The number of thiophene rings is 1. The zero-order valence-corrected chi connectivity index (χ0v) is 15.4. The molecule has 6 nitrogen and oxygen atoms in total. The molecule has 0 atom stereocenters. The summed E-state index contributed by atoms with van der Waals surface area (Å²) in [5, 5.41) is 0. The lowest BCUT2D eigenvalue weighted by Gasteiger charge is -2.17. The Morgan fingerprint density at radius 1 is 1.04 bits per heavy atom. The first kappa shape index (κ1) is 17.8. The molecule has 0 saturated heterocycles. The highest BCUT2D eigenvalue weighted by atomic mass is 32.2. The fraction of sp³-hybridized carbons (Fsp3) is 0.286. The van der Waals surface area contributed by atoms with Gasteiger partial charge in [0.2, 0.25) is 10.0 Å². The quantitative estimate of drug-likeness (QED) is 0.842. The molecule has 0 radical (unpaired) electrons. The van der Waals surface area contributed by atoms with Crippen molar-refractivity contribution >= 4 is 42.8 Å². The van der Waals surface area contributed by atoms with E-state index in [9.17, 15) is 16.8 Å². The van der Waals surface area contributed by atoms with Crippen molar-refractivity contribution in [3.05, 3.63) is 41.3 Å².